The molecule has 0 saturated heterocycles. The Morgan fingerprint density at radius 1 is 1.03 bits per heavy atom. The number of fused-ring (bicyclic) bond motifs is 1. The summed E-state index contributed by atoms with van der Waals surface area (Å²) in [7, 11) is 4.83. The second kappa shape index (κ2) is 11.4. The van der Waals surface area contributed by atoms with E-state index in [9.17, 15) is 9.18 Å². The quantitative estimate of drug-likeness (QED) is 0.447. The molecule has 1 amide bonds. The van der Waals surface area contributed by atoms with E-state index >= 15 is 0 Å². The van der Waals surface area contributed by atoms with Gasteiger partial charge in [0.25, 0.3) is 5.91 Å². The van der Waals surface area contributed by atoms with Crippen molar-refractivity contribution in [2.45, 2.75) is 38.4 Å². The van der Waals surface area contributed by atoms with Gasteiger partial charge in [-0.1, -0.05) is 25.1 Å². The van der Waals surface area contributed by atoms with Crippen LogP contribution in [0.3, 0.4) is 0 Å². The molecule has 6 nitrogen and oxygen atoms in total. The number of carbonyl (C=O) groups is 1. The lowest BCUT2D eigenvalue weighted by Crippen LogP contribution is -2.48. The van der Waals surface area contributed by atoms with Crippen LogP contribution in [0, 0.1) is 5.82 Å². The van der Waals surface area contributed by atoms with Gasteiger partial charge in [0.1, 0.15) is 11.6 Å². The number of nitrogens with one attached hydrogen (secondary N) is 1. The van der Waals surface area contributed by atoms with Crippen molar-refractivity contribution in [1.82, 2.24) is 10.2 Å². The summed E-state index contributed by atoms with van der Waals surface area (Å²) < 4.78 is 31.0. The van der Waals surface area contributed by atoms with E-state index in [4.69, 9.17) is 14.2 Å². The predicted molar refractivity (Wildman–Crippen MR) is 137 cm³/mol. The molecule has 36 heavy (non-hydrogen) atoms. The van der Waals surface area contributed by atoms with E-state index in [1.807, 2.05) is 24.3 Å². The molecule has 1 aliphatic rings. The molecule has 4 rings (SSSR count). The highest BCUT2D eigenvalue weighted by atomic mass is 19.1. The molecule has 0 radical (unpaired) electrons. The Morgan fingerprint density at radius 2 is 1.72 bits per heavy atom. The van der Waals surface area contributed by atoms with Crippen LogP contribution in [0.4, 0.5) is 4.39 Å². The molecule has 3 aromatic carbocycles. The molecular weight excluding hydrogens is 459 g/mol. The van der Waals surface area contributed by atoms with E-state index in [1.54, 1.807) is 51.7 Å². The fourth-order valence-corrected chi connectivity index (χ4v) is 4.92. The lowest BCUT2D eigenvalue weighted by molar-refractivity contribution is 0.0857. The van der Waals surface area contributed by atoms with Gasteiger partial charge in [0.05, 0.1) is 27.4 Å². The summed E-state index contributed by atoms with van der Waals surface area (Å²) in [6.07, 6.45) is 1.47. The number of methoxy groups -OCH3 is 3. The number of hydrogen-bond acceptors (Lipinski definition) is 5. The Labute approximate surface area is 212 Å². The molecule has 2 atom stereocenters. The minimum absolute atomic E-state index is 0.164. The van der Waals surface area contributed by atoms with Gasteiger partial charge in [-0.25, -0.2) is 4.39 Å². The summed E-state index contributed by atoms with van der Waals surface area (Å²) in [4.78, 5) is 15.5. The molecule has 0 aromatic heterocycles. The van der Waals surface area contributed by atoms with E-state index in [1.165, 1.54) is 6.07 Å². The van der Waals surface area contributed by atoms with Gasteiger partial charge in [0, 0.05) is 30.3 Å². The van der Waals surface area contributed by atoms with Gasteiger partial charge in [0.2, 0.25) is 0 Å². The number of carbonyl (C=O) groups excluding carboxylic acids is 1. The van der Waals surface area contributed by atoms with E-state index in [0.717, 1.165) is 24.1 Å². The number of amides is 1. The first-order valence-electron chi connectivity index (χ1n) is 12.2. The number of halogens is 1. The zero-order chi connectivity index (χ0) is 25.7. The van der Waals surface area contributed by atoms with Gasteiger partial charge in [-0.3, -0.25) is 9.69 Å². The smallest absolute Gasteiger partial charge is 0.251 e. The number of nitrogens with zero attached hydrogens (tertiary/aromatic N) is 1. The summed E-state index contributed by atoms with van der Waals surface area (Å²) in [6.45, 7) is 3.20. The normalized spacial score (nSPS) is 16.1. The zero-order valence-electron chi connectivity index (χ0n) is 21.2. The third-order valence-corrected chi connectivity index (χ3v) is 6.85. The first-order chi connectivity index (χ1) is 17.5. The number of benzene rings is 3. The molecule has 190 valence electrons. The molecule has 1 heterocycles. The predicted octanol–water partition coefficient (Wildman–Crippen LogP) is 5.16. The van der Waals surface area contributed by atoms with Crippen LogP contribution in [-0.2, 0) is 13.0 Å². The zero-order valence-corrected chi connectivity index (χ0v) is 21.2. The average Bonchev–Trinajstić information content (AvgIpc) is 2.92. The van der Waals surface area contributed by atoms with E-state index in [0.29, 0.717) is 41.3 Å². The van der Waals surface area contributed by atoms with Crippen molar-refractivity contribution in [3.63, 3.8) is 0 Å². The molecule has 1 aliphatic heterocycles. The van der Waals surface area contributed by atoms with Crippen LogP contribution >= 0.6 is 0 Å². The third-order valence-electron chi connectivity index (χ3n) is 6.85. The minimum Gasteiger partial charge on any atom is -0.497 e. The summed E-state index contributed by atoms with van der Waals surface area (Å²) in [5.74, 6) is 1.60. The maximum Gasteiger partial charge on any atom is 0.251 e. The van der Waals surface area contributed by atoms with Crippen LogP contribution in [0.5, 0.6) is 17.2 Å². The monoisotopic (exact) mass is 492 g/mol. The summed E-state index contributed by atoms with van der Waals surface area (Å²) in [5, 5.41) is 3.24. The number of ether oxygens (including phenoxy) is 3. The van der Waals surface area contributed by atoms with Crippen molar-refractivity contribution >= 4 is 5.91 Å². The van der Waals surface area contributed by atoms with Gasteiger partial charge < -0.3 is 19.5 Å². The second-order valence-electron chi connectivity index (χ2n) is 8.88. The summed E-state index contributed by atoms with van der Waals surface area (Å²) >= 11 is 0. The number of rotatable bonds is 9. The van der Waals surface area contributed by atoms with Crippen LogP contribution in [0.2, 0.25) is 0 Å². The molecule has 0 saturated carbocycles. The minimum atomic E-state index is -0.232. The fraction of sp³-hybridized carbons (Fsp3) is 0.345. The first kappa shape index (κ1) is 25.5. The van der Waals surface area contributed by atoms with Crippen molar-refractivity contribution in [3.8, 4) is 17.2 Å². The molecule has 0 unspecified atom stereocenters. The SMILES string of the molecule is CC[C@H](NC(=O)c1ccc(OC)cc1)[C@H]1c2cc(OC)c(OC)cc2CCN1Cc1ccccc1F. The lowest BCUT2D eigenvalue weighted by atomic mass is 9.86. The molecule has 0 fully saturated rings. The van der Waals surface area contributed by atoms with Crippen molar-refractivity contribution in [2.24, 2.45) is 0 Å². The van der Waals surface area contributed by atoms with Crippen molar-refractivity contribution in [3.05, 3.63) is 88.7 Å². The topological polar surface area (TPSA) is 60.0 Å². The largest absolute Gasteiger partial charge is 0.497 e. The van der Waals surface area contributed by atoms with Crippen LogP contribution < -0.4 is 19.5 Å². The highest BCUT2D eigenvalue weighted by molar-refractivity contribution is 5.94. The fourth-order valence-electron chi connectivity index (χ4n) is 4.92. The van der Waals surface area contributed by atoms with Gasteiger partial charge in [-0.05, 0) is 66.4 Å². The van der Waals surface area contributed by atoms with Crippen LogP contribution in [0.1, 0.15) is 46.4 Å². The first-order valence-corrected chi connectivity index (χ1v) is 12.2. The number of hydrogen-bond donors (Lipinski definition) is 1. The maximum absolute atomic E-state index is 14.6. The Kier molecular flexibility index (Phi) is 8.10. The van der Waals surface area contributed by atoms with Gasteiger partial charge in [-0.15, -0.1) is 0 Å². The highest BCUT2D eigenvalue weighted by Crippen LogP contribution is 2.40. The Hall–Kier alpha value is -3.58. The van der Waals surface area contributed by atoms with Gasteiger partial charge in [0.15, 0.2) is 11.5 Å². The molecular formula is C29H33FN2O4. The van der Waals surface area contributed by atoms with Crippen molar-refractivity contribution in [1.29, 1.82) is 0 Å². The van der Waals surface area contributed by atoms with E-state index in [2.05, 4.69) is 17.1 Å². The standard InChI is InChI=1S/C29H33FN2O4/c1-5-25(31-29(33)19-10-12-22(34-2)13-11-19)28-23-17-27(36-4)26(35-3)16-20(23)14-15-32(28)18-21-8-6-7-9-24(21)30/h6-13,16-17,25,28H,5,14-15,18H2,1-4H3,(H,31,33)/t25-,28+/m0/s1. The van der Waals surface area contributed by atoms with Crippen LogP contribution in [0.25, 0.3) is 0 Å². The maximum atomic E-state index is 14.6. The second-order valence-corrected chi connectivity index (χ2v) is 8.88. The Balaban J connectivity index is 1.71. The Bertz CT molecular complexity index is 1200. The molecule has 0 aliphatic carbocycles. The van der Waals surface area contributed by atoms with Gasteiger partial charge >= 0.3 is 0 Å². The van der Waals surface area contributed by atoms with Crippen LogP contribution in [0.15, 0.2) is 60.7 Å². The summed E-state index contributed by atoms with van der Waals surface area (Å²) in [5.41, 5.74) is 3.37. The molecule has 0 bridgehead atoms. The van der Waals surface area contributed by atoms with E-state index < -0.39 is 0 Å². The molecule has 0 spiro atoms. The highest BCUT2D eigenvalue weighted by Gasteiger charge is 2.35. The summed E-state index contributed by atoms with van der Waals surface area (Å²) in [6, 6.07) is 17.5. The molecule has 7 heteroatoms. The van der Waals surface area contributed by atoms with Crippen molar-refractivity contribution in [2.75, 3.05) is 27.9 Å². The average molecular weight is 493 g/mol. The van der Waals surface area contributed by atoms with E-state index in [-0.39, 0.29) is 23.8 Å². The third kappa shape index (κ3) is 5.31. The Morgan fingerprint density at radius 3 is 2.36 bits per heavy atom. The van der Waals surface area contributed by atoms with Crippen LogP contribution in [-0.4, -0.2) is 44.7 Å². The van der Waals surface area contributed by atoms with Gasteiger partial charge in [-0.2, -0.15) is 0 Å². The lowest BCUT2D eigenvalue weighted by Gasteiger charge is -2.42. The molecule has 3 aromatic rings. The van der Waals surface area contributed by atoms with Crippen molar-refractivity contribution < 1.29 is 23.4 Å². The molecule has 1 N–H and O–H groups in total.